The van der Waals surface area contributed by atoms with E-state index in [0.29, 0.717) is 11.4 Å². The van der Waals surface area contributed by atoms with Crippen LogP contribution in [0.4, 0.5) is 5.82 Å². The number of nitrogens with one attached hydrogen (secondary N) is 1. The average molecular weight is 293 g/mol. The van der Waals surface area contributed by atoms with Crippen molar-refractivity contribution in [2.75, 3.05) is 5.32 Å². The van der Waals surface area contributed by atoms with Gasteiger partial charge >= 0.3 is 0 Å². The van der Waals surface area contributed by atoms with E-state index in [-0.39, 0.29) is 23.1 Å². The number of oxime groups is 1. The van der Waals surface area contributed by atoms with Crippen molar-refractivity contribution in [1.82, 2.24) is 9.78 Å². The Kier molecular flexibility index (Phi) is 4.20. The monoisotopic (exact) mass is 293 g/mol. The van der Waals surface area contributed by atoms with E-state index in [9.17, 15) is 4.79 Å². The highest BCUT2D eigenvalue weighted by Crippen LogP contribution is 2.41. The molecule has 1 amide bonds. The van der Waals surface area contributed by atoms with Crippen LogP contribution in [0.3, 0.4) is 0 Å². The molecule has 1 aromatic heterocycles. The minimum atomic E-state index is -0.0682. The number of aromatic nitrogens is 2. The maximum atomic E-state index is 12.6. The molecule has 116 valence electrons. The number of nitrogens with two attached hydrogens (primary N) is 1. The van der Waals surface area contributed by atoms with Crippen molar-refractivity contribution in [3.8, 4) is 0 Å². The Labute approximate surface area is 124 Å². The van der Waals surface area contributed by atoms with Crippen molar-refractivity contribution < 1.29 is 10.0 Å². The first kappa shape index (κ1) is 15.3. The van der Waals surface area contributed by atoms with Crippen molar-refractivity contribution in [2.45, 2.75) is 39.5 Å². The van der Waals surface area contributed by atoms with Crippen LogP contribution >= 0.6 is 0 Å². The lowest BCUT2D eigenvalue weighted by Crippen LogP contribution is -2.38. The normalized spacial score (nSPS) is 22.0. The highest BCUT2D eigenvalue weighted by Gasteiger charge is 2.37. The van der Waals surface area contributed by atoms with Gasteiger partial charge in [-0.3, -0.25) is 9.48 Å². The van der Waals surface area contributed by atoms with Gasteiger partial charge in [0.25, 0.3) is 0 Å². The van der Waals surface area contributed by atoms with Crippen molar-refractivity contribution in [3.63, 3.8) is 0 Å². The number of aryl methyl sites for hydroxylation is 1. The first-order chi connectivity index (χ1) is 9.86. The molecule has 1 fully saturated rings. The predicted octanol–water partition coefficient (Wildman–Crippen LogP) is 1.67. The fourth-order valence-electron chi connectivity index (χ4n) is 3.01. The van der Waals surface area contributed by atoms with Crippen LogP contribution in [0.2, 0.25) is 0 Å². The van der Waals surface area contributed by atoms with E-state index in [1.54, 1.807) is 7.05 Å². The molecule has 0 bridgehead atoms. The van der Waals surface area contributed by atoms with Crippen LogP contribution in [0.25, 0.3) is 0 Å². The Balaban J connectivity index is 2.22. The molecule has 1 aliphatic rings. The van der Waals surface area contributed by atoms with Crippen LogP contribution < -0.4 is 11.1 Å². The summed E-state index contributed by atoms with van der Waals surface area (Å²) >= 11 is 0. The van der Waals surface area contributed by atoms with E-state index in [1.165, 1.54) is 10.9 Å². The average Bonchev–Trinajstić information content (AvgIpc) is 2.79. The van der Waals surface area contributed by atoms with Gasteiger partial charge in [-0.15, -0.1) is 0 Å². The van der Waals surface area contributed by atoms with Gasteiger partial charge < -0.3 is 16.3 Å². The number of amides is 1. The summed E-state index contributed by atoms with van der Waals surface area (Å²) in [7, 11) is 1.70. The third-order valence-corrected chi connectivity index (χ3v) is 4.39. The molecule has 1 saturated carbocycles. The van der Waals surface area contributed by atoms with Crippen LogP contribution in [-0.4, -0.2) is 26.7 Å². The van der Waals surface area contributed by atoms with Gasteiger partial charge in [0, 0.05) is 13.0 Å². The molecule has 4 N–H and O–H groups in total. The molecule has 1 heterocycles. The highest BCUT2D eigenvalue weighted by atomic mass is 16.4. The van der Waals surface area contributed by atoms with Crippen molar-refractivity contribution in [2.24, 2.45) is 29.3 Å². The lowest BCUT2D eigenvalue weighted by atomic mass is 9.68. The quantitative estimate of drug-likeness (QED) is 0.341. The molecule has 0 aliphatic heterocycles. The minimum Gasteiger partial charge on any atom is -0.409 e. The fourth-order valence-corrected chi connectivity index (χ4v) is 3.01. The summed E-state index contributed by atoms with van der Waals surface area (Å²) in [5.74, 6) is 0.314. The fraction of sp³-hybridized carbons (Fsp3) is 0.643. The molecule has 1 unspecified atom stereocenters. The lowest BCUT2D eigenvalue weighted by molar-refractivity contribution is -0.124. The molecule has 0 radical (unpaired) electrons. The summed E-state index contributed by atoms with van der Waals surface area (Å²) in [5, 5.41) is 18.7. The van der Waals surface area contributed by atoms with E-state index in [0.717, 1.165) is 25.7 Å². The Morgan fingerprint density at radius 3 is 2.90 bits per heavy atom. The van der Waals surface area contributed by atoms with E-state index in [4.69, 9.17) is 10.9 Å². The smallest absolute Gasteiger partial charge is 0.229 e. The van der Waals surface area contributed by atoms with E-state index >= 15 is 0 Å². The molecule has 21 heavy (non-hydrogen) atoms. The number of nitrogens with zero attached hydrogens (tertiary/aromatic N) is 3. The Morgan fingerprint density at radius 2 is 2.29 bits per heavy atom. The number of anilines is 1. The van der Waals surface area contributed by atoms with Crippen LogP contribution in [0.15, 0.2) is 11.4 Å². The number of amidine groups is 1. The molecule has 0 saturated heterocycles. The van der Waals surface area contributed by atoms with Gasteiger partial charge in [-0.2, -0.15) is 5.10 Å². The zero-order valence-electron chi connectivity index (χ0n) is 12.8. The van der Waals surface area contributed by atoms with Crippen molar-refractivity contribution >= 4 is 17.6 Å². The van der Waals surface area contributed by atoms with Crippen molar-refractivity contribution in [3.05, 3.63) is 11.8 Å². The Hall–Kier alpha value is -2.05. The first-order valence-electron chi connectivity index (χ1n) is 7.17. The molecule has 7 nitrogen and oxygen atoms in total. The molecule has 7 heteroatoms. The van der Waals surface area contributed by atoms with Crippen LogP contribution in [0.1, 0.15) is 45.1 Å². The van der Waals surface area contributed by atoms with E-state index in [2.05, 4.69) is 29.4 Å². The molecule has 1 atom stereocenters. The standard InChI is InChI=1S/C14H23N5O2/c1-14(2)7-5-4-6-10(14)13(20)17-12-9(11(15)18-21)8-16-19(12)3/h8,10,21H,4-7H2,1-3H3,(H2,15,18)(H,17,20). The van der Waals surface area contributed by atoms with Crippen molar-refractivity contribution in [1.29, 1.82) is 0 Å². The SMILES string of the molecule is Cn1ncc(C(N)=NO)c1NC(=O)C1CCCCC1(C)C. The van der Waals surface area contributed by atoms with Gasteiger partial charge in [-0.1, -0.05) is 31.8 Å². The summed E-state index contributed by atoms with van der Waals surface area (Å²) in [6.07, 6.45) is 5.63. The van der Waals surface area contributed by atoms with Gasteiger partial charge in [-0.05, 0) is 18.3 Å². The number of carbonyl (C=O) groups is 1. The summed E-state index contributed by atoms with van der Waals surface area (Å²) in [5.41, 5.74) is 6.01. The summed E-state index contributed by atoms with van der Waals surface area (Å²) in [6.45, 7) is 4.26. The number of hydrogen-bond donors (Lipinski definition) is 3. The highest BCUT2D eigenvalue weighted by molar-refractivity contribution is 6.04. The third-order valence-electron chi connectivity index (χ3n) is 4.39. The van der Waals surface area contributed by atoms with Gasteiger partial charge in [0.1, 0.15) is 5.82 Å². The Bertz CT molecular complexity index is 562. The van der Waals surface area contributed by atoms with Gasteiger partial charge in [-0.25, -0.2) is 0 Å². The van der Waals surface area contributed by atoms with Gasteiger partial charge in [0.05, 0.1) is 11.8 Å². The molecular formula is C14H23N5O2. The Morgan fingerprint density at radius 1 is 1.57 bits per heavy atom. The zero-order valence-corrected chi connectivity index (χ0v) is 12.8. The molecule has 0 aromatic carbocycles. The maximum absolute atomic E-state index is 12.6. The van der Waals surface area contributed by atoms with Gasteiger partial charge in [0.2, 0.25) is 5.91 Å². The second kappa shape index (κ2) is 5.75. The third kappa shape index (κ3) is 3.01. The van der Waals surface area contributed by atoms with E-state index in [1.807, 2.05) is 0 Å². The summed E-state index contributed by atoms with van der Waals surface area (Å²) < 4.78 is 1.51. The lowest BCUT2D eigenvalue weighted by Gasteiger charge is -2.37. The molecule has 2 rings (SSSR count). The number of hydrogen-bond acceptors (Lipinski definition) is 4. The molecular weight excluding hydrogens is 270 g/mol. The largest absolute Gasteiger partial charge is 0.409 e. The predicted molar refractivity (Wildman–Crippen MR) is 80.1 cm³/mol. The molecule has 0 spiro atoms. The molecule has 1 aliphatic carbocycles. The van der Waals surface area contributed by atoms with Crippen LogP contribution in [0, 0.1) is 11.3 Å². The number of carbonyl (C=O) groups excluding carboxylic acids is 1. The number of rotatable bonds is 3. The second-order valence-electron chi connectivity index (χ2n) is 6.29. The summed E-state index contributed by atoms with van der Waals surface area (Å²) in [4.78, 5) is 12.6. The van der Waals surface area contributed by atoms with Crippen LogP contribution in [0.5, 0.6) is 0 Å². The topological polar surface area (TPSA) is 106 Å². The maximum Gasteiger partial charge on any atom is 0.229 e. The van der Waals surface area contributed by atoms with E-state index < -0.39 is 0 Å². The summed E-state index contributed by atoms with van der Waals surface area (Å²) in [6, 6.07) is 0. The zero-order chi connectivity index (χ0) is 15.6. The molecule has 1 aromatic rings. The second-order valence-corrected chi connectivity index (χ2v) is 6.29. The first-order valence-corrected chi connectivity index (χ1v) is 7.17. The van der Waals surface area contributed by atoms with Crippen LogP contribution in [-0.2, 0) is 11.8 Å². The minimum absolute atomic E-state index is 0.0162. The van der Waals surface area contributed by atoms with Gasteiger partial charge in [0.15, 0.2) is 5.84 Å².